The summed E-state index contributed by atoms with van der Waals surface area (Å²) in [6, 6.07) is 12.9. The molecule has 4 heterocycles. The number of fused-ring (bicyclic) bond motifs is 6. The van der Waals surface area contributed by atoms with E-state index in [4.69, 9.17) is 0 Å². The van der Waals surface area contributed by atoms with Gasteiger partial charge >= 0.3 is 6.03 Å². The Bertz CT molecular complexity index is 1160. The summed E-state index contributed by atoms with van der Waals surface area (Å²) in [4.78, 5) is 53.1. The van der Waals surface area contributed by atoms with E-state index < -0.39 is 11.9 Å². The van der Waals surface area contributed by atoms with Gasteiger partial charge in [0, 0.05) is 24.2 Å². The molecule has 3 atom stereocenters. The first-order valence-electron chi connectivity index (χ1n) is 11.0. The van der Waals surface area contributed by atoms with Crippen LogP contribution in [0.2, 0.25) is 0 Å². The highest BCUT2D eigenvalue weighted by atomic mass is 16.2. The van der Waals surface area contributed by atoms with E-state index in [9.17, 15) is 19.2 Å². The third-order valence-corrected chi connectivity index (χ3v) is 7.11. The molecule has 8 heteroatoms. The first-order chi connectivity index (χ1) is 15.5. The number of urea groups is 1. The molecule has 2 saturated heterocycles. The van der Waals surface area contributed by atoms with E-state index in [1.807, 2.05) is 23.1 Å². The van der Waals surface area contributed by atoms with Crippen molar-refractivity contribution in [1.82, 2.24) is 15.1 Å². The summed E-state index contributed by atoms with van der Waals surface area (Å²) in [5.74, 6) is -0.959. The van der Waals surface area contributed by atoms with Gasteiger partial charge in [0.1, 0.15) is 6.04 Å². The van der Waals surface area contributed by atoms with Crippen LogP contribution in [0.25, 0.3) is 0 Å². The predicted molar refractivity (Wildman–Crippen MR) is 115 cm³/mol. The second-order valence-corrected chi connectivity index (χ2v) is 8.85. The summed E-state index contributed by atoms with van der Waals surface area (Å²) in [6.07, 6.45) is 2.48. The standard InChI is InChI=1S/C24H22N4O4/c29-21-10-9-20(22(30)26-21)27-12-13-11-14(5-6-15(13)23(27)31)25-24(32)28-18-7-8-19(28)17-4-2-1-3-16(17)18/h1-6,11,18-20H,7-10,12H2,(H,25,32)(H,26,29,30). The molecule has 0 radical (unpaired) electrons. The molecule has 6 rings (SSSR count). The molecule has 0 aliphatic carbocycles. The number of hydrogen-bond acceptors (Lipinski definition) is 4. The number of amides is 5. The number of nitrogens with one attached hydrogen (secondary N) is 2. The number of carbonyl (C=O) groups excluding carboxylic acids is 4. The van der Waals surface area contributed by atoms with Crippen molar-refractivity contribution in [3.63, 3.8) is 0 Å². The molecule has 2 bridgehead atoms. The lowest BCUT2D eigenvalue weighted by atomic mass is 9.92. The van der Waals surface area contributed by atoms with Crippen molar-refractivity contribution >= 4 is 29.4 Å². The second-order valence-electron chi connectivity index (χ2n) is 8.85. The molecule has 3 unspecified atom stereocenters. The van der Waals surface area contributed by atoms with Crippen LogP contribution in [0.1, 0.15) is 64.8 Å². The number of benzene rings is 2. The zero-order chi connectivity index (χ0) is 22.0. The Hall–Kier alpha value is -3.68. The van der Waals surface area contributed by atoms with Crippen molar-refractivity contribution in [3.05, 3.63) is 64.7 Å². The van der Waals surface area contributed by atoms with E-state index in [1.54, 1.807) is 12.1 Å². The molecule has 8 nitrogen and oxygen atoms in total. The van der Waals surface area contributed by atoms with Crippen LogP contribution >= 0.6 is 0 Å². The average molecular weight is 430 g/mol. The molecule has 2 aromatic rings. The molecular formula is C24H22N4O4. The van der Waals surface area contributed by atoms with Crippen molar-refractivity contribution in [2.24, 2.45) is 0 Å². The van der Waals surface area contributed by atoms with Gasteiger partial charge in [-0.15, -0.1) is 0 Å². The van der Waals surface area contributed by atoms with Gasteiger partial charge in [0.25, 0.3) is 5.91 Å². The molecule has 2 aromatic carbocycles. The fourth-order valence-corrected chi connectivity index (χ4v) is 5.66. The number of piperidine rings is 1. The number of hydrogen-bond donors (Lipinski definition) is 2. The lowest BCUT2D eigenvalue weighted by molar-refractivity contribution is -0.136. The highest BCUT2D eigenvalue weighted by Gasteiger charge is 2.46. The topological polar surface area (TPSA) is 98.8 Å². The van der Waals surface area contributed by atoms with E-state index in [1.165, 1.54) is 16.0 Å². The smallest absolute Gasteiger partial charge is 0.322 e. The Labute approximate surface area is 184 Å². The Kier molecular flexibility index (Phi) is 4.11. The Morgan fingerprint density at radius 2 is 1.66 bits per heavy atom. The van der Waals surface area contributed by atoms with E-state index in [-0.39, 0.29) is 42.9 Å². The fourth-order valence-electron chi connectivity index (χ4n) is 5.66. The first-order valence-corrected chi connectivity index (χ1v) is 11.0. The number of carbonyl (C=O) groups is 4. The van der Waals surface area contributed by atoms with Gasteiger partial charge in [0.05, 0.1) is 12.1 Å². The van der Waals surface area contributed by atoms with Gasteiger partial charge in [-0.25, -0.2) is 4.79 Å². The molecule has 32 heavy (non-hydrogen) atoms. The van der Waals surface area contributed by atoms with Crippen molar-refractivity contribution in [2.75, 3.05) is 5.32 Å². The third-order valence-electron chi connectivity index (χ3n) is 7.11. The molecule has 4 aliphatic heterocycles. The highest BCUT2D eigenvalue weighted by molar-refractivity contribution is 6.05. The quantitative estimate of drug-likeness (QED) is 0.716. The molecule has 0 saturated carbocycles. The van der Waals surface area contributed by atoms with Gasteiger partial charge in [-0.3, -0.25) is 19.7 Å². The van der Waals surface area contributed by atoms with Gasteiger partial charge in [0.2, 0.25) is 11.8 Å². The van der Waals surface area contributed by atoms with Crippen LogP contribution in [0.4, 0.5) is 10.5 Å². The van der Waals surface area contributed by atoms with Crippen LogP contribution < -0.4 is 10.6 Å². The minimum Gasteiger partial charge on any atom is -0.322 e. The number of rotatable bonds is 2. The molecule has 5 amide bonds. The van der Waals surface area contributed by atoms with Gasteiger partial charge in [-0.2, -0.15) is 0 Å². The van der Waals surface area contributed by atoms with Crippen molar-refractivity contribution < 1.29 is 19.2 Å². The van der Waals surface area contributed by atoms with Crippen LogP contribution in [0, 0.1) is 0 Å². The molecule has 162 valence electrons. The Morgan fingerprint density at radius 3 is 2.34 bits per heavy atom. The van der Waals surface area contributed by atoms with Gasteiger partial charge in [0.15, 0.2) is 0 Å². The van der Waals surface area contributed by atoms with Crippen LogP contribution in [-0.2, 0) is 16.1 Å². The van der Waals surface area contributed by atoms with Gasteiger partial charge < -0.3 is 15.1 Å². The van der Waals surface area contributed by atoms with Crippen LogP contribution in [-0.4, -0.2) is 39.6 Å². The Morgan fingerprint density at radius 1 is 0.938 bits per heavy atom. The highest BCUT2D eigenvalue weighted by Crippen LogP contribution is 2.53. The van der Waals surface area contributed by atoms with Crippen molar-refractivity contribution in [3.8, 4) is 0 Å². The summed E-state index contributed by atoms with van der Waals surface area (Å²) < 4.78 is 0. The largest absolute Gasteiger partial charge is 0.322 e. The zero-order valence-electron chi connectivity index (χ0n) is 17.3. The van der Waals surface area contributed by atoms with Crippen LogP contribution in [0.15, 0.2) is 42.5 Å². The molecule has 0 spiro atoms. The fraction of sp³-hybridized carbons (Fsp3) is 0.333. The first kappa shape index (κ1) is 19.0. The van der Waals surface area contributed by atoms with E-state index in [0.717, 1.165) is 18.4 Å². The molecule has 2 fully saturated rings. The third kappa shape index (κ3) is 2.75. The summed E-state index contributed by atoms with van der Waals surface area (Å²) in [6.45, 7) is 0.282. The summed E-state index contributed by atoms with van der Waals surface area (Å²) in [5, 5.41) is 5.32. The zero-order valence-corrected chi connectivity index (χ0v) is 17.3. The monoisotopic (exact) mass is 430 g/mol. The summed E-state index contributed by atoms with van der Waals surface area (Å²) in [5.41, 5.74) is 4.39. The number of imide groups is 1. The maximum atomic E-state index is 13.1. The van der Waals surface area contributed by atoms with E-state index in [2.05, 4.69) is 22.8 Å². The second kappa shape index (κ2) is 6.91. The molecule has 4 aliphatic rings. The lowest BCUT2D eigenvalue weighted by Gasteiger charge is -2.29. The molecular weight excluding hydrogens is 408 g/mol. The lowest BCUT2D eigenvalue weighted by Crippen LogP contribution is -2.52. The predicted octanol–water partition coefficient (Wildman–Crippen LogP) is 2.87. The van der Waals surface area contributed by atoms with Gasteiger partial charge in [-0.05, 0) is 54.2 Å². The summed E-state index contributed by atoms with van der Waals surface area (Å²) >= 11 is 0. The summed E-state index contributed by atoms with van der Waals surface area (Å²) in [7, 11) is 0. The number of nitrogens with zero attached hydrogens (tertiary/aromatic N) is 2. The van der Waals surface area contributed by atoms with E-state index in [0.29, 0.717) is 17.7 Å². The minimum absolute atomic E-state index is 0.107. The minimum atomic E-state index is -0.649. The maximum Gasteiger partial charge on any atom is 0.322 e. The average Bonchev–Trinajstić information content (AvgIpc) is 3.45. The van der Waals surface area contributed by atoms with Crippen molar-refractivity contribution in [1.29, 1.82) is 0 Å². The SMILES string of the molecule is O=C1CCC(N2Cc3cc(NC(=O)N4C5CCC4c4ccccc45)ccc3C2=O)C(=O)N1. The van der Waals surface area contributed by atoms with Crippen molar-refractivity contribution in [2.45, 2.75) is 50.4 Å². The molecule has 0 aromatic heterocycles. The van der Waals surface area contributed by atoms with Gasteiger partial charge in [-0.1, -0.05) is 24.3 Å². The number of anilines is 1. The molecule has 2 N–H and O–H groups in total. The Balaban J connectivity index is 1.19. The normalized spacial score (nSPS) is 25.6. The van der Waals surface area contributed by atoms with Crippen LogP contribution in [0.5, 0.6) is 0 Å². The van der Waals surface area contributed by atoms with E-state index >= 15 is 0 Å². The maximum absolute atomic E-state index is 13.1. The van der Waals surface area contributed by atoms with Crippen LogP contribution in [0.3, 0.4) is 0 Å².